The number of nitrogens with one attached hydrogen (secondary N) is 1. The number of hydrazine groups is 1. The van der Waals surface area contributed by atoms with E-state index >= 15 is 0 Å². The number of aliphatic hydroxyl groups excluding tert-OH is 1. The maximum absolute atomic E-state index is 11.6. The van der Waals surface area contributed by atoms with Crippen molar-refractivity contribution in [3.05, 3.63) is 12.2 Å². The molecule has 1 atom stereocenters. The van der Waals surface area contributed by atoms with Crippen LogP contribution in [0.5, 0.6) is 0 Å². The van der Waals surface area contributed by atoms with Gasteiger partial charge in [0.1, 0.15) is 0 Å². The fourth-order valence-electron chi connectivity index (χ4n) is 1.11. The molecule has 0 fully saturated rings. The third-order valence-corrected chi connectivity index (χ3v) is 1.88. The number of hydrogen-bond donors (Lipinski definition) is 2. The van der Waals surface area contributed by atoms with Crippen LogP contribution in [0.25, 0.3) is 0 Å². The lowest BCUT2D eigenvalue weighted by molar-refractivity contribution is 0.0661. The van der Waals surface area contributed by atoms with Gasteiger partial charge in [-0.05, 0) is 20.8 Å². The largest absolute Gasteiger partial charge is 0.449 e. The molecule has 0 heterocycles. The van der Waals surface area contributed by atoms with Crippen LogP contribution in [0, 0.1) is 0 Å². The lowest BCUT2D eigenvalue weighted by Crippen LogP contribution is -2.50. The zero-order valence-electron chi connectivity index (χ0n) is 10.9. The molecular formula is C11H20N2O5. The van der Waals surface area contributed by atoms with Crippen molar-refractivity contribution in [3.63, 3.8) is 0 Å². The molecule has 0 spiro atoms. The van der Waals surface area contributed by atoms with Gasteiger partial charge in [0.2, 0.25) is 0 Å². The van der Waals surface area contributed by atoms with E-state index in [-0.39, 0.29) is 19.8 Å². The molecule has 0 rings (SSSR count). The number of aliphatic hydroxyl groups is 1. The Bertz CT molecular complexity index is 293. The number of ether oxygens (including phenoxy) is 2. The first-order valence-electron chi connectivity index (χ1n) is 5.73. The van der Waals surface area contributed by atoms with E-state index in [2.05, 4.69) is 10.2 Å². The van der Waals surface area contributed by atoms with Gasteiger partial charge < -0.3 is 14.6 Å². The molecule has 0 aliphatic carbocycles. The number of carbonyl (C=O) groups is 2. The number of carbonyl (C=O) groups excluding carboxylic acids is 2. The van der Waals surface area contributed by atoms with E-state index in [0.29, 0.717) is 0 Å². The van der Waals surface area contributed by atoms with Crippen molar-refractivity contribution < 1.29 is 24.2 Å². The maximum atomic E-state index is 11.6. The predicted octanol–water partition coefficient (Wildman–Crippen LogP) is 1.04. The quantitative estimate of drug-likeness (QED) is 0.569. The van der Waals surface area contributed by atoms with Crippen molar-refractivity contribution >= 4 is 12.2 Å². The van der Waals surface area contributed by atoms with Crippen LogP contribution in [0.15, 0.2) is 12.2 Å². The number of rotatable bonds is 5. The summed E-state index contributed by atoms with van der Waals surface area (Å²) < 4.78 is 9.49. The van der Waals surface area contributed by atoms with Crippen LogP contribution in [0.2, 0.25) is 0 Å². The monoisotopic (exact) mass is 260 g/mol. The zero-order valence-corrected chi connectivity index (χ0v) is 10.9. The average Bonchev–Trinajstić information content (AvgIpc) is 2.33. The lowest BCUT2D eigenvalue weighted by Gasteiger charge is -2.25. The lowest BCUT2D eigenvalue weighted by atomic mass is 10.3. The fraction of sp³-hybridized carbons (Fsp3) is 0.636. The summed E-state index contributed by atoms with van der Waals surface area (Å²) in [5.41, 5.74) is 2.28. The molecule has 0 aliphatic rings. The van der Waals surface area contributed by atoms with Gasteiger partial charge in [0, 0.05) is 0 Å². The van der Waals surface area contributed by atoms with Crippen LogP contribution >= 0.6 is 0 Å². The molecule has 0 radical (unpaired) electrons. The van der Waals surface area contributed by atoms with E-state index < -0.39 is 18.2 Å². The molecule has 7 heteroatoms. The summed E-state index contributed by atoms with van der Waals surface area (Å²) in [4.78, 5) is 22.9. The maximum Gasteiger partial charge on any atom is 0.429 e. The number of hydrogen-bond acceptors (Lipinski definition) is 5. The minimum Gasteiger partial charge on any atom is -0.449 e. The Morgan fingerprint density at radius 1 is 1.33 bits per heavy atom. The van der Waals surface area contributed by atoms with E-state index in [1.165, 1.54) is 6.08 Å². The minimum atomic E-state index is -0.741. The van der Waals surface area contributed by atoms with E-state index in [9.17, 15) is 9.59 Å². The van der Waals surface area contributed by atoms with Crippen molar-refractivity contribution in [2.75, 3.05) is 19.8 Å². The predicted molar refractivity (Wildman–Crippen MR) is 64.7 cm³/mol. The van der Waals surface area contributed by atoms with Crippen LogP contribution in [0.3, 0.4) is 0 Å². The van der Waals surface area contributed by atoms with Gasteiger partial charge in [-0.25, -0.2) is 20.0 Å². The molecule has 0 saturated heterocycles. The Morgan fingerprint density at radius 3 is 2.44 bits per heavy atom. The van der Waals surface area contributed by atoms with E-state index in [4.69, 9.17) is 9.84 Å². The molecule has 0 unspecified atom stereocenters. The Morgan fingerprint density at radius 2 is 1.94 bits per heavy atom. The van der Waals surface area contributed by atoms with E-state index in [0.717, 1.165) is 5.01 Å². The summed E-state index contributed by atoms with van der Waals surface area (Å²) in [7, 11) is 0. The van der Waals surface area contributed by atoms with Crippen LogP contribution < -0.4 is 5.43 Å². The van der Waals surface area contributed by atoms with Gasteiger partial charge in [-0.1, -0.05) is 12.2 Å². The summed E-state index contributed by atoms with van der Waals surface area (Å²) in [6.07, 6.45) is 1.59. The third kappa shape index (κ3) is 6.09. The minimum absolute atomic E-state index is 0.152. The van der Waals surface area contributed by atoms with Crippen molar-refractivity contribution in [2.24, 2.45) is 0 Å². The first kappa shape index (κ1) is 16.2. The summed E-state index contributed by atoms with van der Waals surface area (Å²) >= 11 is 0. The average molecular weight is 260 g/mol. The van der Waals surface area contributed by atoms with Gasteiger partial charge in [-0.15, -0.1) is 0 Å². The smallest absolute Gasteiger partial charge is 0.429 e. The van der Waals surface area contributed by atoms with Crippen LogP contribution in [-0.4, -0.2) is 48.2 Å². The van der Waals surface area contributed by atoms with Crippen LogP contribution in [0.4, 0.5) is 9.59 Å². The van der Waals surface area contributed by atoms with Gasteiger partial charge >= 0.3 is 12.2 Å². The molecule has 0 saturated carbocycles. The van der Waals surface area contributed by atoms with Gasteiger partial charge in [-0.3, -0.25) is 0 Å². The third-order valence-electron chi connectivity index (χ3n) is 1.88. The molecule has 0 aromatic carbocycles. The van der Waals surface area contributed by atoms with E-state index in [1.54, 1.807) is 26.8 Å². The topological polar surface area (TPSA) is 88.1 Å². The first-order valence-corrected chi connectivity index (χ1v) is 5.73. The molecule has 2 amide bonds. The molecule has 0 aromatic rings. The Balaban J connectivity index is 4.65. The van der Waals surface area contributed by atoms with E-state index in [1.807, 2.05) is 0 Å². The van der Waals surface area contributed by atoms with Crippen molar-refractivity contribution in [3.8, 4) is 0 Å². The summed E-state index contributed by atoms with van der Waals surface area (Å²) in [6, 6.07) is -0.472. The van der Waals surface area contributed by atoms with Gasteiger partial charge in [-0.2, -0.15) is 0 Å². The van der Waals surface area contributed by atoms with Crippen molar-refractivity contribution in [1.29, 1.82) is 0 Å². The highest BCUT2D eigenvalue weighted by molar-refractivity contribution is 5.74. The Kier molecular flexibility index (Phi) is 8.38. The molecule has 0 aliphatic heterocycles. The second kappa shape index (κ2) is 9.29. The van der Waals surface area contributed by atoms with Gasteiger partial charge in [0.25, 0.3) is 0 Å². The summed E-state index contributed by atoms with van der Waals surface area (Å²) in [5, 5.41) is 9.67. The summed E-state index contributed by atoms with van der Waals surface area (Å²) in [6.45, 7) is 5.22. The highest BCUT2D eigenvalue weighted by atomic mass is 16.6. The van der Waals surface area contributed by atoms with Crippen molar-refractivity contribution in [2.45, 2.75) is 26.8 Å². The molecular weight excluding hydrogens is 240 g/mol. The molecule has 104 valence electrons. The second-order valence-electron chi connectivity index (χ2n) is 3.25. The number of nitrogens with zero attached hydrogens (tertiary/aromatic N) is 1. The highest BCUT2D eigenvalue weighted by Crippen LogP contribution is 2.01. The summed E-state index contributed by atoms with van der Waals surface area (Å²) in [5.74, 6) is 0. The SMILES string of the molecule is CCOC(=O)NN(C(=O)OCC)[C@H](C)/C=C/CO. The Labute approximate surface area is 106 Å². The van der Waals surface area contributed by atoms with Gasteiger partial charge in [0.15, 0.2) is 0 Å². The molecule has 0 aromatic heterocycles. The van der Waals surface area contributed by atoms with Crippen LogP contribution in [-0.2, 0) is 9.47 Å². The van der Waals surface area contributed by atoms with Crippen LogP contribution in [0.1, 0.15) is 20.8 Å². The zero-order chi connectivity index (χ0) is 14.0. The number of amides is 2. The van der Waals surface area contributed by atoms with Gasteiger partial charge in [0.05, 0.1) is 25.9 Å². The molecule has 0 bridgehead atoms. The normalized spacial score (nSPS) is 12.0. The standard InChI is InChI=1S/C11H20N2O5/c1-4-17-10(15)12-13(11(16)18-5-2)9(3)7-6-8-14/h6-7,9,14H,4-5,8H2,1-3H3,(H,12,15)/b7-6+/t9-/m1/s1. The highest BCUT2D eigenvalue weighted by Gasteiger charge is 2.22. The second-order valence-corrected chi connectivity index (χ2v) is 3.25. The van der Waals surface area contributed by atoms with Crippen molar-refractivity contribution in [1.82, 2.24) is 10.4 Å². The Hall–Kier alpha value is -1.76. The molecule has 18 heavy (non-hydrogen) atoms. The first-order chi connectivity index (χ1) is 8.56. The molecule has 2 N–H and O–H groups in total. The molecule has 7 nitrogen and oxygen atoms in total. The fourth-order valence-corrected chi connectivity index (χ4v) is 1.11.